The Kier molecular flexibility index (Phi) is 7.13. The summed E-state index contributed by atoms with van der Waals surface area (Å²) in [7, 11) is 0. The molecule has 1 N–H and O–H groups in total. The van der Waals surface area contributed by atoms with Crippen molar-refractivity contribution in [2.45, 2.75) is 104 Å². The Hall–Kier alpha value is -1.69. The van der Waals surface area contributed by atoms with Gasteiger partial charge in [-0.3, -0.25) is 4.79 Å². The number of rotatable bonds is 8. The van der Waals surface area contributed by atoms with Gasteiger partial charge in [-0.2, -0.15) is 0 Å². The van der Waals surface area contributed by atoms with Gasteiger partial charge in [-0.05, 0) is 100 Å². The molecule has 204 valence electrons. The highest BCUT2D eigenvalue weighted by Gasteiger charge is 2.66. The summed E-state index contributed by atoms with van der Waals surface area (Å²) in [5.41, 5.74) is 1.79. The summed E-state index contributed by atoms with van der Waals surface area (Å²) in [6.07, 6.45) is 9.72. The Bertz CT molecular complexity index is 1030. The summed E-state index contributed by atoms with van der Waals surface area (Å²) in [5, 5.41) is 11.5. The molecule has 0 aliphatic heterocycles. The molecule has 0 spiro atoms. The number of ketones is 1. The number of carbonyl (C=O) groups excluding carboxylic acids is 1. The molecule has 5 heteroatoms. The van der Waals surface area contributed by atoms with E-state index in [-0.39, 0.29) is 16.6 Å². The van der Waals surface area contributed by atoms with Crippen LogP contribution in [0.15, 0.2) is 35.9 Å². The van der Waals surface area contributed by atoms with Gasteiger partial charge in [0.15, 0.2) is 11.6 Å². The van der Waals surface area contributed by atoms with E-state index in [1.54, 1.807) is 6.92 Å². The first kappa shape index (κ1) is 26.9. The smallest absolute Gasteiger partial charge is 0.169 e. The Morgan fingerprint density at radius 1 is 0.973 bits per heavy atom. The van der Waals surface area contributed by atoms with Gasteiger partial charge < -0.3 is 19.3 Å². The summed E-state index contributed by atoms with van der Waals surface area (Å²) >= 11 is 0. The van der Waals surface area contributed by atoms with Crippen molar-refractivity contribution in [1.82, 2.24) is 0 Å². The SMILES string of the molecule is CCOc1ccc(CO[C@]2(O)CC[C@@]3(C)C(=CC[C@@H]4[C@@H]3CC[C@@]3(C)[C@H]4CC[C@]3(OCC)C(C)=O)C2)cc1. The molecule has 1 aromatic rings. The van der Waals surface area contributed by atoms with Crippen molar-refractivity contribution in [3.8, 4) is 5.75 Å². The maximum Gasteiger partial charge on any atom is 0.169 e. The van der Waals surface area contributed by atoms with Gasteiger partial charge >= 0.3 is 0 Å². The first-order valence-corrected chi connectivity index (χ1v) is 14.5. The van der Waals surface area contributed by atoms with E-state index in [0.717, 1.165) is 49.8 Å². The quantitative estimate of drug-likeness (QED) is 0.315. The van der Waals surface area contributed by atoms with Crippen LogP contribution >= 0.6 is 0 Å². The molecule has 5 nitrogen and oxygen atoms in total. The second-order valence-corrected chi connectivity index (χ2v) is 12.6. The number of allylic oxidation sites excluding steroid dienone is 1. The highest BCUT2D eigenvalue weighted by atomic mass is 16.6. The lowest BCUT2D eigenvalue weighted by molar-refractivity contribution is -0.232. The van der Waals surface area contributed by atoms with E-state index in [1.165, 1.54) is 5.57 Å². The standard InChI is InChI=1S/C32H46O5/c1-6-35-25-11-8-23(9-12-25)21-37-31(34)19-18-29(4)24(20-31)10-13-26-27(29)14-16-30(5)28(26)15-17-32(30,22(3)33)36-7-2/h8-12,26-28,34H,6-7,13-21H2,1-5H3/t26-,27+,28+,29+,30+,31-,32+/m1/s1. The third-order valence-electron chi connectivity index (χ3n) is 10.9. The van der Waals surface area contributed by atoms with E-state index in [1.807, 2.05) is 38.1 Å². The van der Waals surface area contributed by atoms with Crippen LogP contribution in [0.1, 0.15) is 91.5 Å². The molecule has 37 heavy (non-hydrogen) atoms. The van der Waals surface area contributed by atoms with Gasteiger partial charge in [0.25, 0.3) is 0 Å². The zero-order chi connectivity index (χ0) is 26.5. The average molecular weight is 511 g/mol. The largest absolute Gasteiger partial charge is 0.494 e. The molecule has 0 heterocycles. The fraction of sp³-hybridized carbons (Fsp3) is 0.719. The van der Waals surface area contributed by atoms with Crippen LogP contribution in [0, 0.1) is 28.6 Å². The van der Waals surface area contributed by atoms with Crippen molar-refractivity contribution in [2.75, 3.05) is 13.2 Å². The van der Waals surface area contributed by atoms with Gasteiger partial charge in [-0.15, -0.1) is 0 Å². The lowest BCUT2D eigenvalue weighted by Gasteiger charge is -2.60. The monoisotopic (exact) mass is 510 g/mol. The Labute approximate surface area is 223 Å². The molecular weight excluding hydrogens is 464 g/mol. The third kappa shape index (κ3) is 4.30. The summed E-state index contributed by atoms with van der Waals surface area (Å²) in [5.74, 6) is 1.62. The van der Waals surface area contributed by atoms with Crippen LogP contribution in [-0.2, 0) is 20.9 Å². The summed E-state index contributed by atoms with van der Waals surface area (Å²) in [4.78, 5) is 13.0. The molecule has 4 aliphatic rings. The molecule has 0 amide bonds. The maximum atomic E-state index is 13.0. The molecule has 0 unspecified atom stereocenters. The van der Waals surface area contributed by atoms with E-state index < -0.39 is 11.4 Å². The van der Waals surface area contributed by atoms with E-state index in [9.17, 15) is 9.90 Å². The van der Waals surface area contributed by atoms with Gasteiger partial charge in [0.1, 0.15) is 11.4 Å². The average Bonchev–Trinajstić information content (AvgIpc) is 3.18. The molecule has 3 saturated carbocycles. The zero-order valence-corrected chi connectivity index (χ0v) is 23.5. The molecule has 0 radical (unpaired) electrons. The number of aliphatic hydroxyl groups is 1. The molecular formula is C32H46O5. The van der Waals surface area contributed by atoms with Crippen molar-refractivity contribution in [2.24, 2.45) is 28.6 Å². The molecule has 0 aromatic heterocycles. The predicted octanol–water partition coefficient (Wildman–Crippen LogP) is 6.62. The first-order chi connectivity index (χ1) is 17.6. The minimum absolute atomic E-state index is 0.0893. The number of Topliss-reactive ketones (excluding diaryl/α,β-unsaturated/α-hetero) is 1. The lowest BCUT2D eigenvalue weighted by atomic mass is 9.46. The van der Waals surface area contributed by atoms with Crippen LogP contribution in [0.2, 0.25) is 0 Å². The minimum atomic E-state index is -1.12. The number of benzene rings is 1. The van der Waals surface area contributed by atoms with Crippen molar-refractivity contribution in [3.05, 3.63) is 41.5 Å². The molecule has 0 saturated heterocycles. The summed E-state index contributed by atoms with van der Waals surface area (Å²) in [6, 6.07) is 7.94. The molecule has 4 aliphatic carbocycles. The number of fused-ring (bicyclic) bond motifs is 5. The first-order valence-electron chi connectivity index (χ1n) is 14.5. The van der Waals surface area contributed by atoms with Crippen LogP contribution < -0.4 is 4.74 Å². The normalized spacial score (nSPS) is 40.8. The minimum Gasteiger partial charge on any atom is -0.494 e. The van der Waals surface area contributed by atoms with Gasteiger partial charge in [0.05, 0.1) is 13.2 Å². The summed E-state index contributed by atoms with van der Waals surface area (Å²) < 4.78 is 18.0. The Morgan fingerprint density at radius 2 is 1.70 bits per heavy atom. The van der Waals surface area contributed by atoms with Crippen molar-refractivity contribution >= 4 is 5.78 Å². The topological polar surface area (TPSA) is 65.0 Å². The fourth-order valence-corrected chi connectivity index (χ4v) is 8.97. The Morgan fingerprint density at radius 3 is 2.38 bits per heavy atom. The van der Waals surface area contributed by atoms with Crippen molar-refractivity contribution in [3.63, 3.8) is 0 Å². The summed E-state index contributed by atoms with van der Waals surface area (Å²) in [6.45, 7) is 12.1. The predicted molar refractivity (Wildman–Crippen MR) is 144 cm³/mol. The Balaban J connectivity index is 1.31. The molecule has 5 rings (SSSR count). The fourth-order valence-electron chi connectivity index (χ4n) is 8.97. The van der Waals surface area contributed by atoms with Crippen LogP contribution in [0.4, 0.5) is 0 Å². The van der Waals surface area contributed by atoms with Crippen molar-refractivity contribution in [1.29, 1.82) is 0 Å². The van der Waals surface area contributed by atoms with Crippen LogP contribution in [0.3, 0.4) is 0 Å². The lowest BCUT2D eigenvalue weighted by Crippen LogP contribution is -2.58. The molecule has 3 fully saturated rings. The number of hydrogen-bond acceptors (Lipinski definition) is 5. The van der Waals surface area contributed by atoms with Crippen LogP contribution in [-0.4, -0.2) is 35.5 Å². The number of hydrogen-bond donors (Lipinski definition) is 1. The van der Waals surface area contributed by atoms with E-state index in [2.05, 4.69) is 19.9 Å². The van der Waals surface area contributed by atoms with Gasteiger partial charge in [-0.25, -0.2) is 0 Å². The number of carbonyl (C=O) groups is 1. The van der Waals surface area contributed by atoms with Gasteiger partial charge in [0, 0.05) is 24.9 Å². The molecule has 1 aromatic carbocycles. The van der Waals surface area contributed by atoms with Crippen LogP contribution in [0.25, 0.3) is 0 Å². The van der Waals surface area contributed by atoms with E-state index in [0.29, 0.717) is 50.4 Å². The highest BCUT2D eigenvalue weighted by Crippen LogP contribution is 2.68. The third-order valence-corrected chi connectivity index (χ3v) is 10.9. The molecule has 7 atom stereocenters. The van der Waals surface area contributed by atoms with Gasteiger partial charge in [0.2, 0.25) is 0 Å². The molecule has 0 bridgehead atoms. The highest BCUT2D eigenvalue weighted by molar-refractivity contribution is 5.86. The zero-order valence-electron chi connectivity index (χ0n) is 23.5. The number of ether oxygens (including phenoxy) is 3. The second kappa shape index (κ2) is 9.81. The van der Waals surface area contributed by atoms with Crippen molar-refractivity contribution < 1.29 is 24.1 Å². The van der Waals surface area contributed by atoms with E-state index in [4.69, 9.17) is 14.2 Å². The van der Waals surface area contributed by atoms with E-state index >= 15 is 0 Å². The van der Waals surface area contributed by atoms with Crippen LogP contribution in [0.5, 0.6) is 5.75 Å². The second-order valence-electron chi connectivity index (χ2n) is 12.6. The maximum absolute atomic E-state index is 13.0. The van der Waals surface area contributed by atoms with Gasteiger partial charge in [-0.1, -0.05) is 37.6 Å².